The lowest BCUT2D eigenvalue weighted by atomic mass is 9.73. The number of rotatable bonds is 2. The molecule has 1 spiro atoms. The summed E-state index contributed by atoms with van der Waals surface area (Å²) in [6.45, 7) is 6.27. The third kappa shape index (κ3) is 2.83. The van der Waals surface area contributed by atoms with E-state index in [0.717, 1.165) is 13.0 Å². The van der Waals surface area contributed by atoms with Gasteiger partial charge in [0.2, 0.25) is 0 Å². The van der Waals surface area contributed by atoms with Gasteiger partial charge in [0.05, 0.1) is 11.8 Å². The van der Waals surface area contributed by atoms with Crippen molar-refractivity contribution in [2.45, 2.75) is 51.2 Å². The number of ether oxygens (including phenoxy) is 1. The number of hydrogen-bond acceptors (Lipinski definition) is 4. The summed E-state index contributed by atoms with van der Waals surface area (Å²) in [4.78, 5) is 23.4. The van der Waals surface area contributed by atoms with Gasteiger partial charge >= 0.3 is 11.9 Å². The van der Waals surface area contributed by atoms with E-state index in [4.69, 9.17) is 4.74 Å². The molecule has 0 bridgehead atoms. The Hall–Kier alpha value is -1.10. The zero-order valence-corrected chi connectivity index (χ0v) is 11.2. The summed E-state index contributed by atoms with van der Waals surface area (Å²) in [5, 5.41) is 12.5. The van der Waals surface area contributed by atoms with Crippen molar-refractivity contribution >= 4 is 11.9 Å². The summed E-state index contributed by atoms with van der Waals surface area (Å²) in [6, 6.07) is 0. The Kier molecular flexibility index (Phi) is 3.13. The van der Waals surface area contributed by atoms with Crippen LogP contribution in [0.3, 0.4) is 0 Å². The van der Waals surface area contributed by atoms with Crippen molar-refractivity contribution in [2.24, 2.45) is 11.8 Å². The van der Waals surface area contributed by atoms with Gasteiger partial charge in [0.15, 0.2) is 0 Å². The molecule has 0 aromatic rings. The van der Waals surface area contributed by atoms with Crippen molar-refractivity contribution in [3.8, 4) is 0 Å². The van der Waals surface area contributed by atoms with Crippen LogP contribution < -0.4 is 5.32 Å². The molecular weight excluding hydrogens is 234 g/mol. The summed E-state index contributed by atoms with van der Waals surface area (Å²) < 4.78 is 5.32. The first-order valence-electron chi connectivity index (χ1n) is 6.43. The standard InChI is InChI=1S/C13H21NO4/c1-12(2,3)18-11(17)8-4-5-13(7-14-13)6-9(8)10(15)16/h8-9,14H,4-7H2,1-3H3,(H,15,16). The predicted octanol–water partition coefficient (Wildman–Crippen LogP) is 1.17. The second-order valence-corrected chi connectivity index (χ2v) is 6.46. The van der Waals surface area contributed by atoms with Crippen LogP contribution in [0.5, 0.6) is 0 Å². The maximum absolute atomic E-state index is 12.1. The first-order valence-corrected chi connectivity index (χ1v) is 6.43. The topological polar surface area (TPSA) is 85.5 Å². The quantitative estimate of drug-likeness (QED) is 0.571. The molecule has 5 nitrogen and oxygen atoms in total. The van der Waals surface area contributed by atoms with E-state index in [1.165, 1.54) is 0 Å². The lowest BCUT2D eigenvalue weighted by molar-refractivity contribution is -0.168. The van der Waals surface area contributed by atoms with Crippen LogP contribution in [0.25, 0.3) is 0 Å². The zero-order valence-electron chi connectivity index (χ0n) is 11.2. The molecular formula is C13H21NO4. The maximum Gasteiger partial charge on any atom is 0.310 e. The molecule has 2 aliphatic rings. The Morgan fingerprint density at radius 1 is 1.33 bits per heavy atom. The van der Waals surface area contributed by atoms with Gasteiger partial charge in [-0.25, -0.2) is 0 Å². The third-order valence-corrected chi connectivity index (χ3v) is 3.73. The summed E-state index contributed by atoms with van der Waals surface area (Å²) in [6.07, 6.45) is 1.99. The van der Waals surface area contributed by atoms with Crippen molar-refractivity contribution in [2.75, 3.05) is 6.54 Å². The Balaban J connectivity index is 2.06. The SMILES string of the molecule is CC(C)(C)OC(=O)C1CCC2(CN2)CC1C(=O)O. The van der Waals surface area contributed by atoms with E-state index in [1.54, 1.807) is 20.8 Å². The number of carboxylic acid groups (broad SMARTS) is 1. The fourth-order valence-corrected chi connectivity index (χ4v) is 2.66. The molecule has 0 aromatic carbocycles. The van der Waals surface area contributed by atoms with E-state index in [0.29, 0.717) is 12.8 Å². The van der Waals surface area contributed by atoms with Gasteiger partial charge < -0.3 is 15.2 Å². The molecule has 1 saturated carbocycles. The van der Waals surface area contributed by atoms with Crippen molar-refractivity contribution in [3.05, 3.63) is 0 Å². The molecule has 0 aromatic heterocycles. The molecule has 2 fully saturated rings. The molecule has 2 N–H and O–H groups in total. The normalized spacial score (nSPS) is 35.3. The molecule has 2 rings (SSSR count). The second kappa shape index (κ2) is 4.23. The second-order valence-electron chi connectivity index (χ2n) is 6.46. The highest BCUT2D eigenvalue weighted by atomic mass is 16.6. The van der Waals surface area contributed by atoms with Crippen molar-refractivity contribution in [1.82, 2.24) is 5.32 Å². The lowest BCUT2D eigenvalue weighted by Crippen LogP contribution is -2.42. The van der Waals surface area contributed by atoms with Crippen LogP contribution in [0.4, 0.5) is 0 Å². The van der Waals surface area contributed by atoms with Crippen LogP contribution in [0, 0.1) is 11.8 Å². The number of hydrogen-bond donors (Lipinski definition) is 2. The first-order chi connectivity index (χ1) is 8.22. The van der Waals surface area contributed by atoms with Crippen molar-refractivity contribution in [1.29, 1.82) is 0 Å². The fourth-order valence-electron chi connectivity index (χ4n) is 2.66. The average Bonchev–Trinajstić information content (AvgIpc) is 2.94. The number of aliphatic carboxylic acids is 1. The van der Waals surface area contributed by atoms with E-state index in [-0.39, 0.29) is 11.5 Å². The van der Waals surface area contributed by atoms with E-state index in [1.807, 2.05) is 0 Å². The number of carboxylic acids is 1. The van der Waals surface area contributed by atoms with Gasteiger partial charge in [0.25, 0.3) is 0 Å². The number of esters is 1. The van der Waals surface area contributed by atoms with Crippen LogP contribution in [-0.4, -0.2) is 34.7 Å². The molecule has 1 aliphatic heterocycles. The minimum atomic E-state index is -0.890. The Labute approximate surface area is 107 Å². The Bertz CT molecular complexity index is 368. The van der Waals surface area contributed by atoms with E-state index in [9.17, 15) is 14.7 Å². The van der Waals surface area contributed by atoms with Gasteiger partial charge in [0, 0.05) is 12.1 Å². The third-order valence-electron chi connectivity index (χ3n) is 3.73. The van der Waals surface area contributed by atoms with Crippen LogP contribution in [0.15, 0.2) is 0 Å². The van der Waals surface area contributed by atoms with E-state index < -0.39 is 23.4 Å². The van der Waals surface area contributed by atoms with Crippen LogP contribution in [0.2, 0.25) is 0 Å². The van der Waals surface area contributed by atoms with E-state index >= 15 is 0 Å². The maximum atomic E-state index is 12.1. The molecule has 1 aliphatic carbocycles. The minimum Gasteiger partial charge on any atom is -0.481 e. The molecule has 102 valence electrons. The summed E-state index contributed by atoms with van der Waals surface area (Å²) in [5.41, 5.74) is -0.575. The van der Waals surface area contributed by atoms with Gasteiger partial charge in [-0.15, -0.1) is 0 Å². The summed E-state index contributed by atoms with van der Waals surface area (Å²) >= 11 is 0. The van der Waals surface area contributed by atoms with E-state index in [2.05, 4.69) is 5.32 Å². The summed E-state index contributed by atoms with van der Waals surface area (Å²) in [5.74, 6) is -2.39. The van der Waals surface area contributed by atoms with Gasteiger partial charge in [0.1, 0.15) is 5.60 Å². The van der Waals surface area contributed by atoms with Crippen molar-refractivity contribution < 1.29 is 19.4 Å². The number of carbonyl (C=O) groups excluding carboxylic acids is 1. The molecule has 3 unspecified atom stereocenters. The Morgan fingerprint density at radius 2 is 1.94 bits per heavy atom. The predicted molar refractivity (Wildman–Crippen MR) is 65.0 cm³/mol. The fraction of sp³-hybridized carbons (Fsp3) is 0.846. The zero-order chi connectivity index (χ0) is 13.6. The molecule has 0 amide bonds. The van der Waals surface area contributed by atoms with Crippen LogP contribution in [-0.2, 0) is 14.3 Å². The summed E-state index contributed by atoms with van der Waals surface area (Å²) in [7, 11) is 0. The monoisotopic (exact) mass is 255 g/mol. The molecule has 1 saturated heterocycles. The average molecular weight is 255 g/mol. The molecule has 0 radical (unpaired) electrons. The van der Waals surface area contributed by atoms with Crippen LogP contribution in [0.1, 0.15) is 40.0 Å². The first kappa shape index (κ1) is 13.3. The molecule has 5 heteroatoms. The Morgan fingerprint density at radius 3 is 2.39 bits per heavy atom. The van der Waals surface area contributed by atoms with Gasteiger partial charge in [-0.05, 0) is 40.0 Å². The highest BCUT2D eigenvalue weighted by Gasteiger charge is 2.52. The minimum absolute atomic E-state index is 0.0123. The molecule has 1 heterocycles. The number of nitrogens with one attached hydrogen (secondary N) is 1. The smallest absolute Gasteiger partial charge is 0.310 e. The number of carbonyl (C=O) groups is 2. The van der Waals surface area contributed by atoms with Gasteiger partial charge in [-0.3, -0.25) is 9.59 Å². The van der Waals surface area contributed by atoms with Gasteiger partial charge in [-0.2, -0.15) is 0 Å². The van der Waals surface area contributed by atoms with Gasteiger partial charge in [-0.1, -0.05) is 0 Å². The lowest BCUT2D eigenvalue weighted by Gasteiger charge is -2.33. The molecule has 3 atom stereocenters. The highest BCUT2D eigenvalue weighted by Crippen LogP contribution is 2.42. The largest absolute Gasteiger partial charge is 0.481 e. The van der Waals surface area contributed by atoms with Crippen LogP contribution >= 0.6 is 0 Å². The molecule has 18 heavy (non-hydrogen) atoms. The highest BCUT2D eigenvalue weighted by molar-refractivity contribution is 5.81. The van der Waals surface area contributed by atoms with Crippen molar-refractivity contribution in [3.63, 3.8) is 0 Å².